The van der Waals surface area contributed by atoms with Crippen molar-refractivity contribution in [1.82, 2.24) is 16.2 Å². The highest BCUT2D eigenvalue weighted by Crippen LogP contribution is 2.27. The normalized spacial score (nSPS) is 11.2. The minimum absolute atomic E-state index is 0.259. The second-order valence-corrected chi connectivity index (χ2v) is 5.83. The van der Waals surface area contributed by atoms with Crippen LogP contribution in [0.3, 0.4) is 0 Å². The number of hydrazine groups is 1. The first-order valence-corrected chi connectivity index (χ1v) is 8.16. The first-order valence-electron chi connectivity index (χ1n) is 7.79. The molecule has 0 aliphatic carbocycles. The average Bonchev–Trinajstić information content (AvgIpc) is 2.65. The van der Waals surface area contributed by atoms with Gasteiger partial charge in [0.1, 0.15) is 0 Å². The molecule has 0 fully saturated rings. The van der Waals surface area contributed by atoms with Gasteiger partial charge in [0.25, 0.3) is 5.91 Å². The van der Waals surface area contributed by atoms with Crippen LogP contribution in [0.2, 0.25) is 5.02 Å². The van der Waals surface area contributed by atoms with E-state index < -0.39 is 11.9 Å². The van der Waals surface area contributed by atoms with Gasteiger partial charge < -0.3 is 14.8 Å². The van der Waals surface area contributed by atoms with E-state index in [0.717, 1.165) is 5.56 Å². The Morgan fingerprint density at radius 1 is 0.962 bits per heavy atom. The van der Waals surface area contributed by atoms with Crippen LogP contribution in [0.5, 0.6) is 11.5 Å². The zero-order chi connectivity index (χ0) is 19.1. The summed E-state index contributed by atoms with van der Waals surface area (Å²) in [7, 11) is 2.98. The van der Waals surface area contributed by atoms with Gasteiger partial charge in [0.15, 0.2) is 11.5 Å². The number of nitrogens with one attached hydrogen (secondary N) is 3. The van der Waals surface area contributed by atoms with Crippen LogP contribution in [0.1, 0.15) is 28.9 Å². The highest BCUT2D eigenvalue weighted by molar-refractivity contribution is 6.30. The van der Waals surface area contributed by atoms with Gasteiger partial charge in [0.05, 0.1) is 20.3 Å². The Kier molecular flexibility index (Phi) is 6.68. The minimum Gasteiger partial charge on any atom is -0.493 e. The van der Waals surface area contributed by atoms with Crippen molar-refractivity contribution in [2.45, 2.75) is 13.0 Å². The smallest absolute Gasteiger partial charge is 0.333 e. The number of urea groups is 1. The van der Waals surface area contributed by atoms with Gasteiger partial charge in [-0.15, -0.1) is 0 Å². The summed E-state index contributed by atoms with van der Waals surface area (Å²) < 4.78 is 10.3. The topological polar surface area (TPSA) is 88.7 Å². The molecule has 7 nitrogen and oxygen atoms in total. The number of halogens is 1. The molecule has 8 heteroatoms. The Hall–Kier alpha value is -2.93. The van der Waals surface area contributed by atoms with Gasteiger partial charge in [0.2, 0.25) is 0 Å². The van der Waals surface area contributed by atoms with Crippen molar-refractivity contribution < 1.29 is 19.1 Å². The van der Waals surface area contributed by atoms with E-state index in [0.29, 0.717) is 22.1 Å². The maximum Gasteiger partial charge on any atom is 0.333 e. The summed E-state index contributed by atoms with van der Waals surface area (Å²) in [5.74, 6) is 0.438. The molecular weight excluding hydrogens is 358 g/mol. The number of methoxy groups -OCH3 is 2. The molecule has 3 N–H and O–H groups in total. The van der Waals surface area contributed by atoms with Crippen LogP contribution in [0.25, 0.3) is 0 Å². The fourth-order valence-electron chi connectivity index (χ4n) is 2.23. The van der Waals surface area contributed by atoms with E-state index in [4.69, 9.17) is 21.1 Å². The van der Waals surface area contributed by atoms with Crippen molar-refractivity contribution in [2.75, 3.05) is 14.2 Å². The average molecular weight is 378 g/mol. The molecule has 2 rings (SSSR count). The molecule has 0 saturated carbocycles. The Morgan fingerprint density at radius 2 is 1.62 bits per heavy atom. The van der Waals surface area contributed by atoms with Crippen molar-refractivity contribution >= 4 is 23.5 Å². The van der Waals surface area contributed by atoms with Crippen LogP contribution < -0.4 is 25.6 Å². The molecule has 1 atom stereocenters. The number of benzene rings is 2. The Morgan fingerprint density at radius 3 is 2.23 bits per heavy atom. The van der Waals surface area contributed by atoms with Crippen LogP contribution in [-0.4, -0.2) is 26.2 Å². The molecule has 26 heavy (non-hydrogen) atoms. The number of hydrogen-bond donors (Lipinski definition) is 3. The Balaban J connectivity index is 1.90. The summed E-state index contributed by atoms with van der Waals surface area (Å²) in [5, 5.41) is 3.33. The van der Waals surface area contributed by atoms with E-state index in [1.807, 2.05) is 19.1 Å². The van der Waals surface area contributed by atoms with Crippen LogP contribution in [0, 0.1) is 0 Å². The Labute approximate surface area is 156 Å². The van der Waals surface area contributed by atoms with Gasteiger partial charge in [-0.2, -0.15) is 0 Å². The molecule has 0 aromatic heterocycles. The zero-order valence-electron chi connectivity index (χ0n) is 14.6. The zero-order valence-corrected chi connectivity index (χ0v) is 15.4. The molecule has 0 aliphatic rings. The molecule has 0 saturated heterocycles. The summed E-state index contributed by atoms with van der Waals surface area (Å²) in [4.78, 5) is 24.1. The molecule has 3 amide bonds. The number of ether oxygens (including phenoxy) is 2. The van der Waals surface area contributed by atoms with Crippen LogP contribution in [0.15, 0.2) is 42.5 Å². The van der Waals surface area contributed by atoms with Crippen molar-refractivity contribution in [3.8, 4) is 11.5 Å². The molecular formula is C18H20ClN3O4. The predicted octanol–water partition coefficient (Wildman–Crippen LogP) is 3.06. The SMILES string of the molecule is COc1ccc(C(=O)NNC(=O)N[C@H](C)c2ccc(Cl)cc2)cc1OC. The second-order valence-electron chi connectivity index (χ2n) is 5.40. The van der Waals surface area contributed by atoms with E-state index in [1.165, 1.54) is 20.3 Å². The number of rotatable bonds is 5. The van der Waals surface area contributed by atoms with Crippen molar-refractivity contribution in [2.24, 2.45) is 0 Å². The molecule has 138 valence electrons. The van der Waals surface area contributed by atoms with Gasteiger partial charge >= 0.3 is 6.03 Å². The third-order valence-corrected chi connectivity index (χ3v) is 3.90. The van der Waals surface area contributed by atoms with Crippen molar-refractivity contribution in [3.63, 3.8) is 0 Å². The lowest BCUT2D eigenvalue weighted by atomic mass is 10.1. The second kappa shape index (κ2) is 8.96. The quantitative estimate of drug-likeness (QED) is 0.699. The summed E-state index contributed by atoms with van der Waals surface area (Å²) >= 11 is 5.84. The molecule has 0 spiro atoms. The molecule has 0 radical (unpaired) electrons. The predicted molar refractivity (Wildman–Crippen MR) is 98.5 cm³/mol. The lowest BCUT2D eigenvalue weighted by Gasteiger charge is -2.16. The first-order chi connectivity index (χ1) is 12.4. The highest BCUT2D eigenvalue weighted by Gasteiger charge is 2.13. The standard InChI is InChI=1S/C18H20ClN3O4/c1-11(12-4-7-14(19)8-5-12)20-18(24)22-21-17(23)13-6-9-15(25-2)16(10-13)26-3/h4-11H,1-3H3,(H,21,23)(H2,20,22,24)/t11-/m1/s1. The third kappa shape index (κ3) is 5.03. The number of hydrogen-bond acceptors (Lipinski definition) is 4. The monoisotopic (exact) mass is 377 g/mol. The fourth-order valence-corrected chi connectivity index (χ4v) is 2.36. The summed E-state index contributed by atoms with van der Waals surface area (Å²) in [6, 6.07) is 11.0. The molecule has 2 aromatic rings. The molecule has 2 aromatic carbocycles. The van der Waals surface area contributed by atoms with Crippen LogP contribution >= 0.6 is 11.6 Å². The molecule has 0 bridgehead atoms. The van der Waals surface area contributed by atoms with Crippen molar-refractivity contribution in [3.05, 3.63) is 58.6 Å². The van der Waals surface area contributed by atoms with E-state index in [1.54, 1.807) is 24.3 Å². The maximum absolute atomic E-state index is 12.1. The van der Waals surface area contributed by atoms with Gasteiger partial charge in [-0.05, 0) is 42.8 Å². The third-order valence-electron chi connectivity index (χ3n) is 3.65. The molecule has 0 unspecified atom stereocenters. The van der Waals surface area contributed by atoms with E-state index in [9.17, 15) is 9.59 Å². The summed E-state index contributed by atoms with van der Waals surface area (Å²) in [5.41, 5.74) is 5.84. The maximum atomic E-state index is 12.1. The molecule has 0 aliphatic heterocycles. The van der Waals surface area contributed by atoms with E-state index in [-0.39, 0.29) is 6.04 Å². The number of carbonyl (C=O) groups is 2. The lowest BCUT2D eigenvalue weighted by molar-refractivity contribution is 0.0935. The van der Waals surface area contributed by atoms with Gasteiger partial charge in [-0.1, -0.05) is 23.7 Å². The van der Waals surface area contributed by atoms with Gasteiger partial charge in [-0.3, -0.25) is 10.2 Å². The fraction of sp³-hybridized carbons (Fsp3) is 0.222. The van der Waals surface area contributed by atoms with Crippen LogP contribution in [-0.2, 0) is 0 Å². The molecule has 0 heterocycles. The van der Waals surface area contributed by atoms with Crippen molar-refractivity contribution in [1.29, 1.82) is 0 Å². The van der Waals surface area contributed by atoms with Gasteiger partial charge in [-0.25, -0.2) is 10.2 Å². The number of carbonyl (C=O) groups excluding carboxylic acids is 2. The largest absolute Gasteiger partial charge is 0.493 e. The number of amides is 3. The lowest BCUT2D eigenvalue weighted by Crippen LogP contribution is -2.47. The minimum atomic E-state index is -0.540. The van der Waals surface area contributed by atoms with E-state index in [2.05, 4.69) is 16.2 Å². The highest BCUT2D eigenvalue weighted by atomic mass is 35.5. The summed E-state index contributed by atoms with van der Waals surface area (Å²) in [6.07, 6.45) is 0. The Bertz CT molecular complexity index is 781. The first kappa shape index (κ1) is 19.4. The van der Waals surface area contributed by atoms with E-state index >= 15 is 0 Å². The summed E-state index contributed by atoms with van der Waals surface area (Å²) in [6.45, 7) is 1.82. The van der Waals surface area contributed by atoms with Crippen LogP contribution in [0.4, 0.5) is 4.79 Å². The van der Waals surface area contributed by atoms with Gasteiger partial charge in [0, 0.05) is 10.6 Å².